The molecule has 0 aliphatic rings. The Hall–Kier alpha value is -1.21. The number of alkyl halides is 3. The summed E-state index contributed by atoms with van der Waals surface area (Å²) in [6.45, 7) is 3.77. The van der Waals surface area contributed by atoms with Crippen molar-refractivity contribution in [3.63, 3.8) is 0 Å². The van der Waals surface area contributed by atoms with Gasteiger partial charge in [0.15, 0.2) is 0 Å². The molecule has 0 spiro atoms. The standard InChI is InChI=1S/C7H6Cl2F2N4O/c1-2-3-12-5-13-4(8)14-6(15-5)16-7(9,10)11/h2H,1,3H2,(H,12,13,14,15). The molecule has 0 atom stereocenters. The van der Waals surface area contributed by atoms with Gasteiger partial charge in [-0.05, 0) is 11.6 Å². The SMILES string of the molecule is C=CCNc1nc(Cl)nc(OC(F)(F)Cl)n1. The van der Waals surface area contributed by atoms with Crippen LogP contribution in [-0.4, -0.2) is 27.1 Å². The van der Waals surface area contributed by atoms with Crippen molar-refractivity contribution in [2.45, 2.75) is 5.57 Å². The third kappa shape index (κ3) is 4.54. The fourth-order valence-corrected chi connectivity index (χ4v) is 0.945. The van der Waals surface area contributed by atoms with Gasteiger partial charge in [0.2, 0.25) is 11.2 Å². The minimum absolute atomic E-state index is 0.0178. The van der Waals surface area contributed by atoms with Crippen LogP contribution >= 0.6 is 23.2 Å². The van der Waals surface area contributed by atoms with Gasteiger partial charge in [-0.1, -0.05) is 6.08 Å². The summed E-state index contributed by atoms with van der Waals surface area (Å²) in [6, 6.07) is -0.674. The van der Waals surface area contributed by atoms with Crippen molar-refractivity contribution in [2.24, 2.45) is 0 Å². The number of hydrogen-bond donors (Lipinski definition) is 1. The molecule has 0 bridgehead atoms. The first-order valence-electron chi connectivity index (χ1n) is 3.93. The lowest BCUT2D eigenvalue weighted by atomic mass is 10.6. The first kappa shape index (κ1) is 12.9. The molecule has 9 heteroatoms. The number of hydrogen-bond acceptors (Lipinski definition) is 5. The third-order valence-electron chi connectivity index (χ3n) is 1.20. The van der Waals surface area contributed by atoms with Crippen molar-refractivity contribution in [3.8, 4) is 6.01 Å². The fraction of sp³-hybridized carbons (Fsp3) is 0.286. The van der Waals surface area contributed by atoms with E-state index in [1.807, 2.05) is 0 Å². The molecule has 1 N–H and O–H groups in total. The molecule has 16 heavy (non-hydrogen) atoms. The molecule has 1 aromatic heterocycles. The molecular formula is C7H6Cl2F2N4O. The second-order valence-corrected chi connectivity index (χ2v) is 3.21. The zero-order valence-corrected chi connectivity index (χ0v) is 9.27. The van der Waals surface area contributed by atoms with Gasteiger partial charge in [0.05, 0.1) is 0 Å². The van der Waals surface area contributed by atoms with Crippen molar-refractivity contribution in [3.05, 3.63) is 17.9 Å². The predicted octanol–water partition coefficient (Wildman–Crippen LogP) is 2.29. The number of halogens is 4. The van der Waals surface area contributed by atoms with Crippen LogP contribution in [0, 0.1) is 0 Å². The quantitative estimate of drug-likeness (QED) is 0.657. The van der Waals surface area contributed by atoms with Crippen molar-refractivity contribution in [1.29, 1.82) is 0 Å². The van der Waals surface area contributed by atoms with Crippen LogP contribution in [0.1, 0.15) is 0 Å². The topological polar surface area (TPSA) is 59.9 Å². The van der Waals surface area contributed by atoms with E-state index in [4.69, 9.17) is 11.6 Å². The number of anilines is 1. The highest BCUT2D eigenvalue weighted by Crippen LogP contribution is 2.23. The largest absolute Gasteiger partial charge is 0.489 e. The van der Waals surface area contributed by atoms with Crippen LogP contribution in [0.3, 0.4) is 0 Å². The molecule has 0 saturated heterocycles. The molecule has 1 heterocycles. The highest BCUT2D eigenvalue weighted by molar-refractivity contribution is 6.28. The van der Waals surface area contributed by atoms with E-state index in [-0.39, 0.29) is 11.2 Å². The Kier molecular flexibility index (Phi) is 4.19. The van der Waals surface area contributed by atoms with Crippen LogP contribution in [0.2, 0.25) is 5.28 Å². The van der Waals surface area contributed by atoms with E-state index < -0.39 is 11.6 Å². The second-order valence-electron chi connectivity index (χ2n) is 2.43. The number of rotatable bonds is 5. The summed E-state index contributed by atoms with van der Waals surface area (Å²) in [5.41, 5.74) is -3.90. The summed E-state index contributed by atoms with van der Waals surface area (Å²) in [6.07, 6.45) is 1.52. The van der Waals surface area contributed by atoms with E-state index in [0.717, 1.165) is 0 Å². The molecule has 5 nitrogen and oxygen atoms in total. The van der Waals surface area contributed by atoms with E-state index >= 15 is 0 Å². The summed E-state index contributed by atoms with van der Waals surface area (Å²) < 4.78 is 28.5. The van der Waals surface area contributed by atoms with Crippen LogP contribution in [0.4, 0.5) is 14.7 Å². The van der Waals surface area contributed by atoms with Crippen LogP contribution in [0.15, 0.2) is 12.7 Å². The zero-order valence-electron chi connectivity index (χ0n) is 7.75. The summed E-state index contributed by atoms with van der Waals surface area (Å²) >= 11 is 10.0. The van der Waals surface area contributed by atoms with Crippen LogP contribution < -0.4 is 10.1 Å². The van der Waals surface area contributed by atoms with Crippen molar-refractivity contribution < 1.29 is 13.5 Å². The molecule has 0 amide bonds. The van der Waals surface area contributed by atoms with Gasteiger partial charge in [-0.15, -0.1) is 15.4 Å². The molecule has 88 valence electrons. The maximum Gasteiger partial charge on any atom is 0.489 e. The Bertz CT molecular complexity index is 385. The van der Waals surface area contributed by atoms with Crippen LogP contribution in [0.25, 0.3) is 0 Å². The fourth-order valence-electron chi connectivity index (χ4n) is 0.724. The monoisotopic (exact) mass is 270 g/mol. The summed E-state index contributed by atoms with van der Waals surface area (Å²) in [5.74, 6) is -0.0178. The summed E-state index contributed by atoms with van der Waals surface area (Å²) in [4.78, 5) is 10.4. The van der Waals surface area contributed by atoms with Gasteiger partial charge in [-0.3, -0.25) is 0 Å². The first-order chi connectivity index (χ1) is 7.40. The van der Waals surface area contributed by atoms with Crippen molar-refractivity contribution >= 4 is 29.2 Å². The molecule has 0 radical (unpaired) electrons. The average molecular weight is 271 g/mol. The Morgan fingerprint density at radius 2 is 2.12 bits per heavy atom. The minimum atomic E-state index is -3.90. The number of ether oxygens (including phenoxy) is 1. The van der Waals surface area contributed by atoms with E-state index in [1.54, 1.807) is 0 Å². The van der Waals surface area contributed by atoms with Gasteiger partial charge in [-0.2, -0.15) is 15.0 Å². The van der Waals surface area contributed by atoms with Crippen molar-refractivity contribution in [1.82, 2.24) is 15.0 Å². The Balaban J connectivity index is 2.85. The molecule has 0 fully saturated rings. The van der Waals surface area contributed by atoms with Gasteiger partial charge in [0, 0.05) is 18.1 Å². The third-order valence-corrected chi connectivity index (χ3v) is 1.45. The zero-order chi connectivity index (χ0) is 12.2. The summed E-state index contributed by atoms with van der Waals surface area (Å²) in [5, 5.41) is 2.33. The van der Waals surface area contributed by atoms with Gasteiger partial charge in [-0.25, -0.2) is 0 Å². The Morgan fingerprint density at radius 1 is 1.44 bits per heavy atom. The van der Waals surface area contributed by atoms with Gasteiger partial charge >= 0.3 is 11.6 Å². The predicted molar refractivity (Wildman–Crippen MR) is 55.0 cm³/mol. The molecule has 0 unspecified atom stereocenters. The average Bonchev–Trinajstić information content (AvgIpc) is 2.10. The highest BCUT2D eigenvalue weighted by atomic mass is 35.5. The lowest BCUT2D eigenvalue weighted by Crippen LogP contribution is -2.18. The number of nitrogens with zero attached hydrogens (tertiary/aromatic N) is 3. The molecule has 1 rings (SSSR count). The van der Waals surface area contributed by atoms with Gasteiger partial charge in [0.1, 0.15) is 0 Å². The molecular weight excluding hydrogens is 265 g/mol. The van der Waals surface area contributed by atoms with Crippen molar-refractivity contribution in [2.75, 3.05) is 11.9 Å². The van der Waals surface area contributed by atoms with Gasteiger partial charge < -0.3 is 10.1 Å². The second kappa shape index (κ2) is 5.22. The Morgan fingerprint density at radius 3 is 2.69 bits per heavy atom. The minimum Gasteiger partial charge on any atom is -0.385 e. The molecule has 0 aliphatic heterocycles. The molecule has 0 aromatic carbocycles. The highest BCUT2D eigenvalue weighted by Gasteiger charge is 2.29. The maximum atomic E-state index is 12.3. The smallest absolute Gasteiger partial charge is 0.385 e. The molecule has 1 aromatic rings. The van der Waals surface area contributed by atoms with Crippen LogP contribution in [-0.2, 0) is 0 Å². The van der Waals surface area contributed by atoms with E-state index in [2.05, 4.69) is 43.2 Å². The Labute approximate surface area is 99.5 Å². The van der Waals surface area contributed by atoms with E-state index in [0.29, 0.717) is 6.54 Å². The molecule has 0 saturated carbocycles. The van der Waals surface area contributed by atoms with Crippen LogP contribution in [0.5, 0.6) is 6.01 Å². The maximum absolute atomic E-state index is 12.3. The summed E-state index contributed by atoms with van der Waals surface area (Å²) in [7, 11) is 0. The lowest BCUT2D eigenvalue weighted by molar-refractivity contribution is -0.102. The lowest BCUT2D eigenvalue weighted by Gasteiger charge is -2.09. The van der Waals surface area contributed by atoms with Gasteiger partial charge in [0.25, 0.3) is 0 Å². The number of nitrogens with one attached hydrogen (secondary N) is 1. The van der Waals surface area contributed by atoms with E-state index in [1.165, 1.54) is 6.08 Å². The van der Waals surface area contributed by atoms with E-state index in [9.17, 15) is 8.78 Å². The normalized spacial score (nSPS) is 11.0. The molecule has 0 aliphatic carbocycles. The first-order valence-corrected chi connectivity index (χ1v) is 4.68. The number of aromatic nitrogens is 3.